The molecule has 10 heteroatoms. The van der Waals surface area contributed by atoms with Crippen molar-refractivity contribution in [2.75, 3.05) is 27.1 Å². The van der Waals surface area contributed by atoms with E-state index in [0.29, 0.717) is 28.5 Å². The fourth-order valence-electron chi connectivity index (χ4n) is 4.74. The molecule has 0 aliphatic carbocycles. The Kier molecular flexibility index (Phi) is 11.7. The molecule has 9 nitrogen and oxygen atoms in total. The highest BCUT2D eigenvalue weighted by molar-refractivity contribution is 8.14. The Morgan fingerprint density at radius 2 is 1.54 bits per heavy atom. The molecule has 3 aromatic rings. The number of aliphatic imine (C=N–C) groups is 1. The van der Waals surface area contributed by atoms with Crippen molar-refractivity contribution in [3.8, 4) is 17.2 Å². The van der Waals surface area contributed by atoms with Gasteiger partial charge in [-0.3, -0.25) is 19.3 Å². The molecule has 236 valence electrons. The van der Waals surface area contributed by atoms with E-state index in [2.05, 4.69) is 16.9 Å². The first kappa shape index (κ1) is 33.5. The van der Waals surface area contributed by atoms with Crippen LogP contribution < -0.4 is 19.5 Å². The van der Waals surface area contributed by atoms with Crippen LogP contribution >= 0.6 is 11.8 Å². The molecule has 0 saturated heterocycles. The summed E-state index contributed by atoms with van der Waals surface area (Å²) in [7, 11) is 4.43. The fourth-order valence-corrected chi connectivity index (χ4v) is 5.55. The summed E-state index contributed by atoms with van der Waals surface area (Å²) in [6.07, 6.45) is 8.05. The average Bonchev–Trinajstić information content (AvgIpc) is 3.09. The van der Waals surface area contributed by atoms with Gasteiger partial charge < -0.3 is 19.5 Å². The van der Waals surface area contributed by atoms with Gasteiger partial charge in [-0.1, -0.05) is 97.2 Å². The van der Waals surface area contributed by atoms with Gasteiger partial charge in [-0.25, -0.2) is 0 Å². The number of ether oxygens (including phenoxy) is 3. The van der Waals surface area contributed by atoms with Crippen LogP contribution in [0.2, 0.25) is 0 Å². The number of rotatable bonds is 12. The van der Waals surface area contributed by atoms with Crippen LogP contribution in [0.25, 0.3) is 6.08 Å². The molecule has 1 aliphatic heterocycles. The lowest BCUT2D eigenvalue weighted by atomic mass is 9.99. The largest absolute Gasteiger partial charge is 0.493 e. The van der Waals surface area contributed by atoms with Gasteiger partial charge in [0.2, 0.25) is 11.7 Å². The van der Waals surface area contributed by atoms with Gasteiger partial charge in [0.25, 0.3) is 11.8 Å². The number of methoxy groups -OCH3 is 3. The summed E-state index contributed by atoms with van der Waals surface area (Å²) >= 11 is 0.994. The third-order valence-electron chi connectivity index (χ3n) is 6.91. The van der Waals surface area contributed by atoms with E-state index >= 15 is 0 Å². The zero-order chi connectivity index (χ0) is 33.1. The van der Waals surface area contributed by atoms with Crippen molar-refractivity contribution in [3.63, 3.8) is 0 Å². The second-order valence-corrected chi connectivity index (χ2v) is 10.7. The summed E-state index contributed by atoms with van der Waals surface area (Å²) in [4.78, 5) is 46.3. The molecule has 4 rings (SSSR count). The number of hydrogen-bond donors (Lipinski definition) is 1. The molecule has 0 fully saturated rings. The summed E-state index contributed by atoms with van der Waals surface area (Å²) in [6, 6.07) is 22.1. The van der Waals surface area contributed by atoms with Crippen LogP contribution in [-0.2, 0) is 14.4 Å². The maximum absolute atomic E-state index is 14.0. The van der Waals surface area contributed by atoms with E-state index in [4.69, 9.17) is 14.2 Å². The minimum absolute atomic E-state index is 0.0741. The van der Waals surface area contributed by atoms with E-state index in [-0.39, 0.29) is 22.4 Å². The molecule has 0 atom stereocenters. The lowest BCUT2D eigenvalue weighted by molar-refractivity contribution is -0.126. The fraction of sp³-hybridized carbons (Fsp3) is 0.167. The third-order valence-corrected chi connectivity index (χ3v) is 7.85. The Morgan fingerprint density at radius 3 is 2.04 bits per heavy atom. The third kappa shape index (κ3) is 7.83. The van der Waals surface area contributed by atoms with Crippen LogP contribution in [0.1, 0.15) is 29.7 Å². The van der Waals surface area contributed by atoms with Gasteiger partial charge in [0.15, 0.2) is 16.7 Å². The Labute approximate surface area is 273 Å². The van der Waals surface area contributed by atoms with E-state index in [1.807, 2.05) is 60.7 Å². The van der Waals surface area contributed by atoms with Gasteiger partial charge in [0.1, 0.15) is 5.57 Å². The molecule has 0 radical (unpaired) electrons. The molecule has 46 heavy (non-hydrogen) atoms. The molecular weight excluding hydrogens is 602 g/mol. The second kappa shape index (κ2) is 16.1. The first-order chi connectivity index (χ1) is 22.3. The highest BCUT2D eigenvalue weighted by Gasteiger charge is 2.35. The van der Waals surface area contributed by atoms with Gasteiger partial charge in [-0.2, -0.15) is 4.99 Å². The number of hydrogen-bond acceptors (Lipinski definition) is 7. The first-order valence-corrected chi connectivity index (χ1v) is 15.3. The van der Waals surface area contributed by atoms with Crippen molar-refractivity contribution >= 4 is 40.7 Å². The molecule has 3 amide bonds. The van der Waals surface area contributed by atoms with Crippen LogP contribution in [0, 0.1) is 0 Å². The summed E-state index contributed by atoms with van der Waals surface area (Å²) in [5.41, 5.74) is 2.57. The molecule has 0 unspecified atom stereocenters. The Balaban J connectivity index is 1.66. The molecule has 0 bridgehead atoms. The number of allylic oxidation sites excluding steroid dienone is 4. The monoisotopic (exact) mass is 637 g/mol. The molecular formula is C36H35N3O6S. The summed E-state index contributed by atoms with van der Waals surface area (Å²) in [5, 5.41) is 3.16. The quantitative estimate of drug-likeness (QED) is 0.145. The summed E-state index contributed by atoms with van der Waals surface area (Å²) in [5.74, 6) is -0.651. The number of benzene rings is 3. The molecule has 3 aromatic carbocycles. The summed E-state index contributed by atoms with van der Waals surface area (Å²) in [6.45, 7) is 5.47. The minimum Gasteiger partial charge on any atom is -0.493 e. The van der Waals surface area contributed by atoms with Crippen LogP contribution in [0.4, 0.5) is 0 Å². The van der Waals surface area contributed by atoms with E-state index < -0.39 is 17.9 Å². The molecule has 1 heterocycles. The van der Waals surface area contributed by atoms with Crippen LogP contribution in [-0.4, -0.2) is 54.9 Å². The first-order valence-electron chi connectivity index (χ1n) is 14.3. The smallest absolute Gasteiger partial charge is 0.285 e. The number of thioether (sulfide) groups is 1. The zero-order valence-corrected chi connectivity index (χ0v) is 26.9. The van der Waals surface area contributed by atoms with Crippen LogP contribution in [0.3, 0.4) is 0 Å². The van der Waals surface area contributed by atoms with E-state index in [0.717, 1.165) is 22.9 Å². The van der Waals surface area contributed by atoms with Crippen molar-refractivity contribution in [1.29, 1.82) is 0 Å². The molecule has 1 aliphatic rings. The molecule has 0 aromatic heterocycles. The van der Waals surface area contributed by atoms with Crippen LogP contribution in [0.5, 0.6) is 17.2 Å². The molecule has 1 N–H and O–H groups in total. The number of carbonyl (C=O) groups is 3. The predicted octanol–water partition coefficient (Wildman–Crippen LogP) is 6.11. The van der Waals surface area contributed by atoms with E-state index in [1.165, 1.54) is 32.3 Å². The molecule has 0 saturated carbocycles. The average molecular weight is 638 g/mol. The lowest BCUT2D eigenvalue weighted by Gasteiger charge is -2.28. The lowest BCUT2D eigenvalue weighted by Crippen LogP contribution is -2.42. The minimum atomic E-state index is -0.743. The van der Waals surface area contributed by atoms with Crippen molar-refractivity contribution in [1.82, 2.24) is 10.2 Å². The maximum atomic E-state index is 14.0. The highest BCUT2D eigenvalue weighted by atomic mass is 32.2. The topological polar surface area (TPSA) is 107 Å². The second-order valence-electron chi connectivity index (χ2n) is 9.78. The highest BCUT2D eigenvalue weighted by Crippen LogP contribution is 2.39. The number of amides is 3. The number of amidine groups is 1. The van der Waals surface area contributed by atoms with Crippen molar-refractivity contribution in [2.45, 2.75) is 13.0 Å². The van der Waals surface area contributed by atoms with Gasteiger partial charge in [-0.15, -0.1) is 0 Å². The number of nitrogens with one attached hydrogen (secondary N) is 1. The van der Waals surface area contributed by atoms with E-state index in [9.17, 15) is 14.4 Å². The number of nitrogens with zero attached hydrogens (tertiary/aromatic N) is 2. The Morgan fingerprint density at radius 1 is 0.957 bits per heavy atom. The van der Waals surface area contributed by atoms with Gasteiger partial charge in [0, 0.05) is 5.70 Å². The van der Waals surface area contributed by atoms with Gasteiger partial charge in [0.05, 0.1) is 33.1 Å². The SMILES string of the molecule is C=C/C=C\C(=C/C)N1C(=O)/C(=C/c2cc(OC)c(OC)c(OC)c2)C(=O)N=C1SCC(=O)NC(c1ccccc1)c1ccccc1. The maximum Gasteiger partial charge on any atom is 0.285 e. The van der Waals surface area contributed by atoms with Gasteiger partial charge >= 0.3 is 0 Å². The summed E-state index contributed by atoms with van der Waals surface area (Å²) < 4.78 is 16.2. The Bertz CT molecular complexity index is 1650. The predicted molar refractivity (Wildman–Crippen MR) is 182 cm³/mol. The van der Waals surface area contributed by atoms with Gasteiger partial charge in [-0.05, 0) is 47.9 Å². The molecule has 0 spiro atoms. The van der Waals surface area contributed by atoms with Crippen molar-refractivity contribution < 1.29 is 28.6 Å². The van der Waals surface area contributed by atoms with Crippen molar-refractivity contribution in [3.05, 3.63) is 132 Å². The van der Waals surface area contributed by atoms with E-state index in [1.54, 1.807) is 43.4 Å². The zero-order valence-electron chi connectivity index (χ0n) is 26.1. The van der Waals surface area contributed by atoms with Crippen molar-refractivity contribution in [2.24, 2.45) is 4.99 Å². The standard InChI is InChI=1S/C36H35N3O6S/c1-6-8-19-27(7-2)39-35(42)28(20-24-21-29(43-3)33(45-5)30(22-24)44-4)34(41)38-36(39)46-23-31(40)37-32(25-15-11-9-12-16-25)26-17-13-10-14-18-26/h6-22,32H,1,23H2,2-5H3,(H,37,40)/b19-8-,27-7+,28-20+. The number of carbonyl (C=O) groups excluding carboxylic acids is 3. The van der Waals surface area contributed by atoms with Crippen LogP contribution in [0.15, 0.2) is 120 Å². The normalized spacial score (nSPS) is 14.5. The Hall–Kier alpha value is -5.35.